The van der Waals surface area contributed by atoms with Gasteiger partial charge in [0.05, 0.1) is 0 Å². The molecule has 0 saturated heterocycles. The predicted octanol–water partition coefficient (Wildman–Crippen LogP) is 8.72. The van der Waals surface area contributed by atoms with Crippen molar-refractivity contribution >= 4 is 54.7 Å². The standard InChI is InChI=1S/C37H20O3/c1-2-18-40-30-9-5-8-27-31(30)26-15-12-22-21-11-10-20-19-6-3-4-7-25(19)36(38)28-16-13-23(32(21)34(20)28)24-14-17-29(37(27)39)35(26)33(22)24/h2-17H,1,18H2. The number of hydrogen-bond donors (Lipinski definition) is 0. The molecule has 7 aromatic carbocycles. The van der Waals surface area contributed by atoms with Gasteiger partial charge in [0.2, 0.25) is 0 Å². The predicted molar refractivity (Wildman–Crippen MR) is 161 cm³/mol. The van der Waals surface area contributed by atoms with E-state index in [1.165, 1.54) is 0 Å². The van der Waals surface area contributed by atoms with Crippen LogP contribution in [0.1, 0.15) is 31.8 Å². The van der Waals surface area contributed by atoms with Crippen LogP contribution < -0.4 is 4.74 Å². The molecule has 0 radical (unpaired) electrons. The average molecular weight is 513 g/mol. The number of fused-ring (bicyclic) bond motifs is 6. The molecule has 3 heteroatoms. The highest BCUT2D eigenvalue weighted by atomic mass is 16.5. The maximum Gasteiger partial charge on any atom is 0.194 e. The first-order valence-corrected chi connectivity index (χ1v) is 13.4. The van der Waals surface area contributed by atoms with Crippen molar-refractivity contribution in [1.82, 2.24) is 0 Å². The first-order chi connectivity index (χ1) is 19.7. The van der Waals surface area contributed by atoms with Gasteiger partial charge in [-0.05, 0) is 67.2 Å². The van der Waals surface area contributed by atoms with Gasteiger partial charge in [0, 0.05) is 38.6 Å². The van der Waals surface area contributed by atoms with E-state index in [9.17, 15) is 9.59 Å². The fraction of sp³-hybridized carbons (Fsp3) is 0.0270. The Morgan fingerprint density at radius 3 is 1.68 bits per heavy atom. The summed E-state index contributed by atoms with van der Waals surface area (Å²) in [5.41, 5.74) is 6.77. The largest absolute Gasteiger partial charge is 0.489 e. The van der Waals surface area contributed by atoms with Gasteiger partial charge in [0.25, 0.3) is 0 Å². The Morgan fingerprint density at radius 2 is 1.02 bits per heavy atom. The summed E-state index contributed by atoms with van der Waals surface area (Å²) in [5.74, 6) is 0.759. The van der Waals surface area contributed by atoms with E-state index in [-0.39, 0.29) is 11.6 Å². The topological polar surface area (TPSA) is 43.4 Å². The molecular formula is C37H20O3. The fourth-order valence-corrected chi connectivity index (χ4v) is 7.17. The molecule has 7 aromatic rings. The first-order valence-electron chi connectivity index (χ1n) is 13.4. The van der Waals surface area contributed by atoms with E-state index in [0.29, 0.717) is 23.5 Å². The molecule has 2 aliphatic rings. The van der Waals surface area contributed by atoms with Gasteiger partial charge in [-0.25, -0.2) is 0 Å². The summed E-state index contributed by atoms with van der Waals surface area (Å²) >= 11 is 0. The number of ether oxygens (including phenoxy) is 1. The molecule has 0 N–H and O–H groups in total. The summed E-state index contributed by atoms with van der Waals surface area (Å²) in [4.78, 5) is 27.5. The summed E-state index contributed by atoms with van der Waals surface area (Å²) in [6.07, 6.45) is 1.71. The zero-order valence-corrected chi connectivity index (χ0v) is 21.4. The second-order valence-corrected chi connectivity index (χ2v) is 10.6. The van der Waals surface area contributed by atoms with Gasteiger partial charge < -0.3 is 4.74 Å². The van der Waals surface area contributed by atoms with Gasteiger partial charge in [-0.15, -0.1) is 0 Å². The SMILES string of the molecule is C=CCOc1cccc2c1-c1ccc3c4ccc5c6c(ccc(c7ccc(c1c73)C2=O)c64)C(=O)c1ccccc1-5. The van der Waals surface area contributed by atoms with Crippen molar-refractivity contribution in [2.45, 2.75) is 0 Å². The average Bonchev–Trinajstić information content (AvgIpc) is 3.00. The normalized spacial score (nSPS) is 13.3. The van der Waals surface area contributed by atoms with Gasteiger partial charge in [-0.1, -0.05) is 85.5 Å². The second-order valence-electron chi connectivity index (χ2n) is 10.6. The van der Waals surface area contributed by atoms with Crippen LogP contribution in [0.5, 0.6) is 5.75 Å². The minimum atomic E-state index is 0.00787. The monoisotopic (exact) mass is 512 g/mol. The fourth-order valence-electron chi connectivity index (χ4n) is 7.17. The minimum absolute atomic E-state index is 0.00787. The molecule has 186 valence electrons. The number of benzene rings is 7. The van der Waals surface area contributed by atoms with Crippen LogP contribution in [-0.4, -0.2) is 18.2 Å². The Bertz CT molecular complexity index is 2300. The summed E-state index contributed by atoms with van der Waals surface area (Å²) in [7, 11) is 0. The highest BCUT2D eigenvalue weighted by Crippen LogP contribution is 2.51. The molecule has 0 unspecified atom stereocenters. The van der Waals surface area contributed by atoms with E-state index >= 15 is 0 Å². The highest BCUT2D eigenvalue weighted by molar-refractivity contribution is 6.41. The molecule has 2 aliphatic carbocycles. The van der Waals surface area contributed by atoms with Gasteiger partial charge >= 0.3 is 0 Å². The zero-order chi connectivity index (χ0) is 26.7. The third-order valence-electron chi connectivity index (χ3n) is 8.75. The highest BCUT2D eigenvalue weighted by Gasteiger charge is 2.31. The molecule has 9 rings (SSSR count). The Hall–Kier alpha value is -5.28. The lowest BCUT2D eigenvalue weighted by Crippen LogP contribution is -2.12. The van der Waals surface area contributed by atoms with Crippen molar-refractivity contribution in [2.75, 3.05) is 6.61 Å². The molecule has 0 saturated carbocycles. The van der Waals surface area contributed by atoms with E-state index in [1.807, 2.05) is 54.6 Å². The summed E-state index contributed by atoms with van der Waals surface area (Å²) in [6, 6.07) is 30.3. The smallest absolute Gasteiger partial charge is 0.194 e. The van der Waals surface area contributed by atoms with E-state index in [1.54, 1.807) is 6.08 Å². The lowest BCUT2D eigenvalue weighted by molar-refractivity contribution is 0.103. The number of rotatable bonds is 3. The molecule has 40 heavy (non-hydrogen) atoms. The van der Waals surface area contributed by atoms with Gasteiger partial charge in [-0.3, -0.25) is 9.59 Å². The quantitative estimate of drug-likeness (QED) is 0.135. The van der Waals surface area contributed by atoms with Crippen molar-refractivity contribution < 1.29 is 14.3 Å². The molecule has 0 spiro atoms. The number of carbonyl (C=O) groups excluding carboxylic acids is 2. The minimum Gasteiger partial charge on any atom is -0.489 e. The van der Waals surface area contributed by atoms with Crippen molar-refractivity contribution in [2.24, 2.45) is 0 Å². The van der Waals surface area contributed by atoms with Crippen molar-refractivity contribution in [3.63, 3.8) is 0 Å². The number of carbonyl (C=O) groups is 2. The third-order valence-corrected chi connectivity index (χ3v) is 8.75. The van der Waals surface area contributed by atoms with Crippen molar-refractivity contribution in [3.05, 3.63) is 126 Å². The molecule has 0 atom stereocenters. The molecule has 0 bridgehead atoms. The van der Waals surface area contributed by atoms with Crippen molar-refractivity contribution in [1.29, 1.82) is 0 Å². The Kier molecular flexibility index (Phi) is 4.02. The third kappa shape index (κ3) is 2.46. The maximum atomic E-state index is 13.9. The first kappa shape index (κ1) is 21.6. The van der Waals surface area contributed by atoms with Crippen molar-refractivity contribution in [3.8, 4) is 28.0 Å². The number of ketones is 2. The molecule has 0 fully saturated rings. The molecule has 0 amide bonds. The van der Waals surface area contributed by atoms with Gasteiger partial charge in [0.1, 0.15) is 12.4 Å². The van der Waals surface area contributed by atoms with Gasteiger partial charge in [0.15, 0.2) is 11.6 Å². The van der Waals surface area contributed by atoms with Crippen LogP contribution in [0.2, 0.25) is 0 Å². The van der Waals surface area contributed by atoms with E-state index < -0.39 is 0 Å². The molecule has 0 heterocycles. The molecule has 0 aromatic heterocycles. The van der Waals surface area contributed by atoms with Crippen LogP contribution in [0.3, 0.4) is 0 Å². The summed E-state index contributed by atoms with van der Waals surface area (Å²) < 4.78 is 6.03. The van der Waals surface area contributed by atoms with Crippen LogP contribution in [0, 0.1) is 0 Å². The van der Waals surface area contributed by atoms with Crippen LogP contribution in [0.25, 0.3) is 65.3 Å². The lowest BCUT2D eigenvalue weighted by Gasteiger charge is -2.26. The Morgan fingerprint density at radius 1 is 0.500 bits per heavy atom. The van der Waals surface area contributed by atoms with Gasteiger partial charge in [-0.2, -0.15) is 0 Å². The van der Waals surface area contributed by atoms with Crippen LogP contribution >= 0.6 is 0 Å². The van der Waals surface area contributed by atoms with Crippen LogP contribution in [0.15, 0.2) is 104 Å². The Labute approximate surface area is 229 Å². The zero-order valence-electron chi connectivity index (χ0n) is 21.4. The second kappa shape index (κ2) is 7.43. The van der Waals surface area contributed by atoms with Crippen LogP contribution in [-0.2, 0) is 0 Å². The van der Waals surface area contributed by atoms with E-state index in [4.69, 9.17) is 4.74 Å². The molecule has 3 nitrogen and oxygen atoms in total. The summed E-state index contributed by atoms with van der Waals surface area (Å²) in [6.45, 7) is 4.15. The van der Waals surface area contributed by atoms with E-state index in [2.05, 4.69) is 43.0 Å². The summed E-state index contributed by atoms with van der Waals surface area (Å²) in [5, 5.41) is 8.50. The molecule has 0 aliphatic heterocycles. The number of hydrogen-bond acceptors (Lipinski definition) is 3. The Balaban J connectivity index is 1.46. The molecular weight excluding hydrogens is 492 g/mol. The lowest BCUT2D eigenvalue weighted by atomic mass is 9.76. The van der Waals surface area contributed by atoms with Crippen LogP contribution in [0.4, 0.5) is 0 Å². The van der Waals surface area contributed by atoms with E-state index in [0.717, 1.165) is 76.5 Å². The maximum absolute atomic E-state index is 13.9.